The molecule has 67 heavy (non-hydrogen) atoms. The Labute approximate surface area is 404 Å². The molecule has 0 amide bonds. The van der Waals surface area contributed by atoms with Crippen molar-refractivity contribution in [3.63, 3.8) is 0 Å². The second-order valence-corrected chi connectivity index (χ2v) is 24.1. The Morgan fingerprint density at radius 3 is 2.25 bits per heavy atom. The van der Waals surface area contributed by atoms with E-state index in [1.54, 1.807) is 17.7 Å². The van der Waals surface area contributed by atoms with E-state index in [-0.39, 0.29) is 66.1 Å². The van der Waals surface area contributed by atoms with Crippen molar-refractivity contribution in [2.24, 2.45) is 86.8 Å². The fourth-order valence-electron chi connectivity index (χ4n) is 17.0. The number of Topliss-reactive ketones (excluding diaryl/α,β-unsaturated/α-hetero) is 1. The number of ether oxygens (including phenoxy) is 5. The van der Waals surface area contributed by atoms with Gasteiger partial charge in [-0.25, -0.2) is 4.79 Å². The van der Waals surface area contributed by atoms with Gasteiger partial charge in [0.15, 0.2) is 11.6 Å². The lowest BCUT2D eigenvalue weighted by molar-refractivity contribution is -0.157. The highest BCUT2D eigenvalue weighted by atomic mass is 16.6. The summed E-state index contributed by atoms with van der Waals surface area (Å²) in [5.74, 6) is 5.09. The van der Waals surface area contributed by atoms with Gasteiger partial charge in [-0.15, -0.1) is 0 Å². The maximum atomic E-state index is 13.5. The van der Waals surface area contributed by atoms with Gasteiger partial charge in [-0.05, 0) is 172 Å². The molecule has 8 aliphatic carbocycles. The van der Waals surface area contributed by atoms with Crippen LogP contribution in [0, 0.1) is 86.8 Å². The van der Waals surface area contributed by atoms with Gasteiger partial charge in [0.1, 0.15) is 13.2 Å². The molecule has 9 nitrogen and oxygen atoms in total. The molecule has 6 fully saturated rings. The first-order valence-electron chi connectivity index (χ1n) is 27.1. The number of ketones is 2. The molecule has 1 N–H and O–H groups in total. The van der Waals surface area contributed by atoms with Crippen LogP contribution in [0.5, 0.6) is 0 Å². The highest BCUT2D eigenvalue weighted by Gasteiger charge is 2.63. The zero-order valence-corrected chi connectivity index (χ0v) is 42.7. The minimum atomic E-state index is -0.572. The van der Waals surface area contributed by atoms with E-state index in [0.29, 0.717) is 74.0 Å². The number of hydrogen-bond donors (Lipinski definition) is 1. The van der Waals surface area contributed by atoms with Gasteiger partial charge in [-0.2, -0.15) is 0 Å². The van der Waals surface area contributed by atoms with Gasteiger partial charge in [0.25, 0.3) is 0 Å². The maximum Gasteiger partial charge on any atom is 0.332 e. The van der Waals surface area contributed by atoms with E-state index < -0.39 is 12.1 Å². The third kappa shape index (κ3) is 10.1. The van der Waals surface area contributed by atoms with Crippen LogP contribution in [0.3, 0.4) is 0 Å². The summed E-state index contributed by atoms with van der Waals surface area (Å²) in [5.41, 5.74) is 2.89. The molecule has 0 aromatic rings. The van der Waals surface area contributed by atoms with Crippen molar-refractivity contribution in [2.75, 3.05) is 52.9 Å². The second kappa shape index (κ2) is 21.1. The molecule has 0 unspecified atom stereocenters. The van der Waals surface area contributed by atoms with Crippen LogP contribution in [0.1, 0.15) is 145 Å². The average molecular weight is 929 g/mol. The van der Waals surface area contributed by atoms with Crippen molar-refractivity contribution in [3.8, 4) is 0 Å². The van der Waals surface area contributed by atoms with Crippen molar-refractivity contribution in [2.45, 2.75) is 157 Å². The highest BCUT2D eigenvalue weighted by Crippen LogP contribution is 2.68. The van der Waals surface area contributed by atoms with Gasteiger partial charge in [0.2, 0.25) is 0 Å². The first-order chi connectivity index (χ1) is 32.0. The van der Waals surface area contributed by atoms with Gasteiger partial charge in [0, 0.05) is 17.3 Å². The first kappa shape index (κ1) is 50.9. The Morgan fingerprint density at radius 2 is 1.51 bits per heavy atom. The molecule has 0 bridgehead atoms. The van der Waals surface area contributed by atoms with Crippen LogP contribution in [0.2, 0.25) is 0 Å². The summed E-state index contributed by atoms with van der Waals surface area (Å²) < 4.78 is 28.8. The van der Waals surface area contributed by atoms with Gasteiger partial charge in [-0.3, -0.25) is 9.59 Å². The van der Waals surface area contributed by atoms with Crippen molar-refractivity contribution in [3.05, 3.63) is 47.6 Å². The fraction of sp³-hybridized carbons (Fsp3) is 0.810. The zero-order valence-electron chi connectivity index (χ0n) is 42.7. The Kier molecular flexibility index (Phi) is 16.1. The van der Waals surface area contributed by atoms with E-state index in [0.717, 1.165) is 67.8 Å². The molecule has 0 saturated heterocycles. The molecule has 374 valence electrons. The molecule has 6 saturated carbocycles. The van der Waals surface area contributed by atoms with Crippen LogP contribution in [-0.4, -0.2) is 87.7 Å². The normalized spacial score (nSPS) is 40.8. The summed E-state index contributed by atoms with van der Waals surface area (Å²) in [6, 6.07) is 0. The van der Waals surface area contributed by atoms with Crippen LogP contribution in [0.25, 0.3) is 0 Å². The van der Waals surface area contributed by atoms with Gasteiger partial charge in [-0.1, -0.05) is 90.8 Å². The molecule has 16 atom stereocenters. The number of esters is 1. The van der Waals surface area contributed by atoms with E-state index in [2.05, 4.69) is 73.6 Å². The number of aliphatic hydroxyl groups is 1. The lowest BCUT2D eigenvalue weighted by Crippen LogP contribution is -2.56. The van der Waals surface area contributed by atoms with E-state index >= 15 is 0 Å². The molecule has 8 rings (SSSR count). The van der Waals surface area contributed by atoms with E-state index in [4.69, 9.17) is 23.7 Å². The molecular weight excluding hydrogens is 841 g/mol. The minimum absolute atomic E-state index is 0.0268. The number of aliphatic hydroxyl groups excluding tert-OH is 1. The molecule has 0 aliphatic heterocycles. The van der Waals surface area contributed by atoms with Crippen molar-refractivity contribution in [1.29, 1.82) is 0 Å². The largest absolute Gasteiger partial charge is 0.456 e. The number of allylic oxidation sites excluding steroid dienone is 7. The van der Waals surface area contributed by atoms with Crippen LogP contribution in [0.15, 0.2) is 47.6 Å². The van der Waals surface area contributed by atoms with E-state index in [9.17, 15) is 19.5 Å². The molecule has 8 aliphatic rings. The maximum absolute atomic E-state index is 13.5. The molecule has 9 heteroatoms. The Balaban J connectivity index is 0.671. The summed E-state index contributed by atoms with van der Waals surface area (Å²) in [6.07, 6.45) is 28.4. The lowest BCUT2D eigenvalue weighted by Gasteiger charge is -2.58. The van der Waals surface area contributed by atoms with Crippen LogP contribution >= 0.6 is 0 Å². The van der Waals surface area contributed by atoms with Crippen LogP contribution < -0.4 is 0 Å². The number of fused-ring (bicyclic) bond motifs is 10. The topological polar surface area (TPSA) is 118 Å². The fourth-order valence-corrected chi connectivity index (χ4v) is 17.0. The average Bonchev–Trinajstić information content (AvgIpc) is 3.84. The quantitative estimate of drug-likeness (QED) is 0.0723. The monoisotopic (exact) mass is 929 g/mol. The predicted molar refractivity (Wildman–Crippen MR) is 262 cm³/mol. The van der Waals surface area contributed by atoms with Crippen LogP contribution in [0.4, 0.5) is 0 Å². The second-order valence-electron chi connectivity index (χ2n) is 24.1. The molecule has 0 aromatic carbocycles. The SMILES string of the molecule is CC[C@H](C=C[C@@H](C)[C@H]1CC[C@H]2[C@@H]3CC=C4C[C@@H](OCCOCCOCCOCC(=O)OCC(=O)[C@H]5CC[C@H]6[C@@H]7CCC8=CC(=O)C=C[C@]8(C)[C@H]7[C@@H](O)C[C@]56C)CC[C@]4(C)[C@H]3CC[C@]12C)C(C)C. The van der Waals surface area contributed by atoms with Gasteiger partial charge >= 0.3 is 5.97 Å². The molecule has 0 radical (unpaired) electrons. The summed E-state index contributed by atoms with van der Waals surface area (Å²) in [5, 5.41) is 11.6. The lowest BCUT2D eigenvalue weighted by atomic mass is 9.46. The van der Waals surface area contributed by atoms with Crippen molar-refractivity contribution in [1.82, 2.24) is 0 Å². The summed E-state index contributed by atoms with van der Waals surface area (Å²) in [6.45, 7) is 21.2. The van der Waals surface area contributed by atoms with Gasteiger partial charge < -0.3 is 28.8 Å². The minimum Gasteiger partial charge on any atom is -0.456 e. The third-order valence-electron chi connectivity index (χ3n) is 20.6. The summed E-state index contributed by atoms with van der Waals surface area (Å²) in [4.78, 5) is 38.2. The number of carbonyl (C=O) groups is 3. The summed E-state index contributed by atoms with van der Waals surface area (Å²) in [7, 11) is 0. The standard InChI is InChI=1S/C58H88O9/c1-9-39(37(2)3)11-10-38(4)46-16-17-47-44-14-12-41-33-43(21-24-55(41,5)49(44)22-25-57(46,47)7)66-31-30-64-27-26-63-28-29-65-36-53(62)67-35-52(61)50-19-18-48-45-15-13-40-32-42(59)20-23-56(40,6)54(45)51(60)34-58(48,50)8/h10-12,20,23,32,37-39,43-51,54,60H,9,13-19,21-22,24-31,33-36H2,1-8H3/t38-,39-,43+,44+,45+,46-,47+,48+,49+,50-,51+,54-,55+,56+,57-,58+/m1/s1. The van der Waals surface area contributed by atoms with Crippen molar-refractivity contribution >= 4 is 17.5 Å². The molecule has 0 spiro atoms. The van der Waals surface area contributed by atoms with Gasteiger partial charge in [0.05, 0.1) is 51.8 Å². The third-order valence-corrected chi connectivity index (χ3v) is 20.6. The Bertz CT molecular complexity index is 1900. The number of carbonyl (C=O) groups excluding carboxylic acids is 3. The number of rotatable bonds is 20. The molecule has 0 heterocycles. The smallest absolute Gasteiger partial charge is 0.332 e. The predicted octanol–water partition coefficient (Wildman–Crippen LogP) is 10.9. The summed E-state index contributed by atoms with van der Waals surface area (Å²) >= 11 is 0. The van der Waals surface area contributed by atoms with E-state index in [1.165, 1.54) is 44.9 Å². The van der Waals surface area contributed by atoms with Crippen molar-refractivity contribution < 1.29 is 43.2 Å². The first-order valence-corrected chi connectivity index (χ1v) is 27.1. The molecule has 0 aromatic heterocycles. The number of hydrogen-bond acceptors (Lipinski definition) is 9. The highest BCUT2D eigenvalue weighted by molar-refractivity contribution is 6.01. The van der Waals surface area contributed by atoms with Crippen LogP contribution in [-0.2, 0) is 38.1 Å². The van der Waals surface area contributed by atoms with E-state index in [1.807, 2.05) is 6.08 Å². The Hall–Kier alpha value is -2.43. The Morgan fingerprint density at radius 1 is 0.791 bits per heavy atom. The zero-order chi connectivity index (χ0) is 47.7. The molecular formula is C58H88O9.